The number of nitrogens with two attached hydrogens (primary N) is 1. The molecule has 0 radical (unpaired) electrons. The summed E-state index contributed by atoms with van der Waals surface area (Å²) in [6.07, 6.45) is 1.73. The second kappa shape index (κ2) is 6.73. The number of nitrogens with zero attached hydrogens (tertiary/aromatic N) is 4. The van der Waals surface area contributed by atoms with Gasteiger partial charge in [0.05, 0.1) is 18.3 Å². The summed E-state index contributed by atoms with van der Waals surface area (Å²) in [4.78, 5) is 20.0. The lowest BCUT2D eigenvalue weighted by atomic mass is 10.3. The summed E-state index contributed by atoms with van der Waals surface area (Å²) in [6.45, 7) is 3.50. The molecule has 1 aliphatic heterocycles. The Hall–Kier alpha value is -2.33. The molecule has 1 amide bonds. The summed E-state index contributed by atoms with van der Waals surface area (Å²) in [5.74, 6) is 0.693. The highest BCUT2D eigenvalue weighted by atomic mass is 16.2. The van der Waals surface area contributed by atoms with Gasteiger partial charge in [0.25, 0.3) is 0 Å². The minimum atomic E-state index is -0.114. The van der Waals surface area contributed by atoms with Crippen LogP contribution in [0.4, 0.5) is 11.5 Å². The van der Waals surface area contributed by atoms with Gasteiger partial charge in [0, 0.05) is 32.4 Å². The van der Waals surface area contributed by atoms with Gasteiger partial charge in [-0.15, -0.1) is 0 Å². The van der Waals surface area contributed by atoms with Gasteiger partial charge in [0.2, 0.25) is 5.91 Å². The van der Waals surface area contributed by atoms with Crippen LogP contribution < -0.4 is 16.0 Å². The molecule has 0 aromatic carbocycles. The van der Waals surface area contributed by atoms with E-state index in [9.17, 15) is 4.79 Å². The lowest BCUT2D eigenvalue weighted by Crippen LogP contribution is -2.49. The van der Waals surface area contributed by atoms with Crippen molar-refractivity contribution in [3.63, 3.8) is 0 Å². The summed E-state index contributed by atoms with van der Waals surface area (Å²) in [5.41, 5.74) is 6.58. The van der Waals surface area contributed by atoms with E-state index >= 15 is 0 Å². The molecule has 1 saturated heterocycles. The first-order valence-corrected chi connectivity index (χ1v) is 6.52. The first-order chi connectivity index (χ1) is 9.70. The lowest BCUT2D eigenvalue weighted by molar-refractivity contribution is -0.122. The fourth-order valence-corrected chi connectivity index (χ4v) is 2.19. The topological polar surface area (TPSA) is 98.3 Å². The van der Waals surface area contributed by atoms with Crippen LogP contribution in [0.1, 0.15) is 0 Å². The molecule has 0 atom stereocenters. The second-order valence-electron chi connectivity index (χ2n) is 4.61. The number of nitrogens with one attached hydrogen (secondary N) is 1. The number of rotatable bonds is 4. The van der Waals surface area contributed by atoms with Gasteiger partial charge in [0.1, 0.15) is 6.54 Å². The number of carbonyl (C=O) groups is 1. The van der Waals surface area contributed by atoms with Crippen molar-refractivity contribution in [3.05, 3.63) is 18.3 Å². The number of aromatic nitrogens is 1. The first kappa shape index (κ1) is 14.1. The minimum absolute atomic E-state index is 0.0588. The van der Waals surface area contributed by atoms with E-state index in [1.807, 2.05) is 18.2 Å². The van der Waals surface area contributed by atoms with E-state index in [0.717, 1.165) is 32.0 Å². The smallest absolute Gasteiger partial charge is 0.235 e. The van der Waals surface area contributed by atoms with Crippen LogP contribution in [0.3, 0.4) is 0 Å². The highest BCUT2D eigenvalue weighted by Gasteiger charge is 2.20. The molecule has 1 aromatic rings. The number of anilines is 2. The average molecular weight is 274 g/mol. The molecule has 2 heterocycles. The van der Waals surface area contributed by atoms with Crippen molar-refractivity contribution in [1.82, 2.24) is 15.2 Å². The van der Waals surface area contributed by atoms with E-state index < -0.39 is 0 Å². The van der Waals surface area contributed by atoms with Crippen LogP contribution in [0.25, 0.3) is 0 Å². The molecule has 7 nitrogen and oxygen atoms in total. The van der Waals surface area contributed by atoms with Crippen LogP contribution in [0.15, 0.2) is 18.3 Å². The van der Waals surface area contributed by atoms with Gasteiger partial charge < -0.3 is 16.0 Å². The lowest BCUT2D eigenvalue weighted by Gasteiger charge is -2.35. The first-order valence-electron chi connectivity index (χ1n) is 6.52. The van der Waals surface area contributed by atoms with Crippen LogP contribution in [0.5, 0.6) is 0 Å². The Kier molecular flexibility index (Phi) is 4.74. The fraction of sp³-hybridized carbons (Fsp3) is 0.462. The quantitative estimate of drug-likeness (QED) is 0.713. The molecule has 2 rings (SSSR count). The average Bonchev–Trinajstić information content (AvgIpc) is 2.47. The maximum absolute atomic E-state index is 11.5. The maximum atomic E-state index is 11.5. The normalized spacial score (nSPS) is 15.7. The largest absolute Gasteiger partial charge is 0.396 e. The molecule has 0 spiro atoms. The Morgan fingerprint density at radius 2 is 2.20 bits per heavy atom. The third kappa shape index (κ3) is 3.59. The molecule has 0 unspecified atom stereocenters. The zero-order valence-corrected chi connectivity index (χ0v) is 11.2. The molecule has 20 heavy (non-hydrogen) atoms. The Balaban J connectivity index is 1.82. The molecular formula is C13H18N6O. The highest BCUT2D eigenvalue weighted by molar-refractivity contribution is 5.78. The number of pyridine rings is 1. The van der Waals surface area contributed by atoms with Crippen molar-refractivity contribution in [3.8, 4) is 6.07 Å². The molecule has 0 aliphatic carbocycles. The zero-order valence-electron chi connectivity index (χ0n) is 11.2. The van der Waals surface area contributed by atoms with Gasteiger partial charge in [-0.3, -0.25) is 9.69 Å². The number of carbonyl (C=O) groups excluding carboxylic acids is 1. The number of nitrogen functional groups attached to an aromatic ring is 1. The summed E-state index contributed by atoms with van der Waals surface area (Å²) >= 11 is 0. The highest BCUT2D eigenvalue weighted by Crippen LogP contribution is 2.20. The molecule has 0 saturated carbocycles. The number of nitriles is 1. The summed E-state index contributed by atoms with van der Waals surface area (Å²) < 4.78 is 0. The third-order valence-corrected chi connectivity index (χ3v) is 3.22. The predicted molar refractivity (Wildman–Crippen MR) is 75.9 cm³/mol. The van der Waals surface area contributed by atoms with E-state index in [-0.39, 0.29) is 12.5 Å². The summed E-state index contributed by atoms with van der Waals surface area (Å²) in [7, 11) is 0. The molecule has 3 N–H and O–H groups in total. The van der Waals surface area contributed by atoms with E-state index in [1.165, 1.54) is 0 Å². The van der Waals surface area contributed by atoms with E-state index in [0.29, 0.717) is 12.2 Å². The van der Waals surface area contributed by atoms with Gasteiger partial charge in [-0.1, -0.05) is 0 Å². The number of hydrogen-bond acceptors (Lipinski definition) is 6. The van der Waals surface area contributed by atoms with Gasteiger partial charge in [-0.25, -0.2) is 4.98 Å². The maximum Gasteiger partial charge on any atom is 0.235 e. The van der Waals surface area contributed by atoms with Gasteiger partial charge in [0.15, 0.2) is 5.82 Å². The van der Waals surface area contributed by atoms with Crippen LogP contribution >= 0.6 is 0 Å². The Morgan fingerprint density at radius 3 is 2.85 bits per heavy atom. The van der Waals surface area contributed by atoms with Crippen molar-refractivity contribution in [1.29, 1.82) is 5.26 Å². The van der Waals surface area contributed by atoms with Crippen LogP contribution in [0, 0.1) is 11.3 Å². The third-order valence-electron chi connectivity index (χ3n) is 3.22. The molecular weight excluding hydrogens is 256 g/mol. The predicted octanol–water partition coefficient (Wildman–Crippen LogP) is -0.574. The molecule has 1 fully saturated rings. The van der Waals surface area contributed by atoms with E-state index in [4.69, 9.17) is 11.0 Å². The van der Waals surface area contributed by atoms with Crippen LogP contribution in [-0.2, 0) is 4.79 Å². The van der Waals surface area contributed by atoms with Crippen molar-refractivity contribution >= 4 is 17.4 Å². The minimum Gasteiger partial charge on any atom is -0.396 e. The summed E-state index contributed by atoms with van der Waals surface area (Å²) in [6, 6.07) is 5.54. The van der Waals surface area contributed by atoms with Gasteiger partial charge in [-0.2, -0.15) is 5.26 Å². The van der Waals surface area contributed by atoms with E-state index in [2.05, 4.69) is 20.1 Å². The SMILES string of the molecule is N#CCNC(=O)CN1CCN(c2ncccc2N)CC1. The zero-order chi connectivity index (χ0) is 14.4. The Bertz CT molecular complexity index is 504. The van der Waals surface area contributed by atoms with Crippen molar-refractivity contribution in [2.75, 3.05) is 49.9 Å². The van der Waals surface area contributed by atoms with Gasteiger partial charge in [-0.05, 0) is 12.1 Å². The standard InChI is InChI=1S/C13H18N6O/c14-3-5-16-12(20)10-18-6-8-19(9-7-18)13-11(15)2-1-4-17-13/h1-2,4H,5-10,15H2,(H,16,20). The number of hydrogen-bond donors (Lipinski definition) is 2. The van der Waals surface area contributed by atoms with Gasteiger partial charge >= 0.3 is 0 Å². The number of amides is 1. The molecule has 1 aliphatic rings. The molecule has 0 bridgehead atoms. The van der Waals surface area contributed by atoms with Crippen LogP contribution in [0.2, 0.25) is 0 Å². The van der Waals surface area contributed by atoms with Crippen LogP contribution in [-0.4, -0.2) is 55.1 Å². The second-order valence-corrected chi connectivity index (χ2v) is 4.61. The monoisotopic (exact) mass is 274 g/mol. The molecule has 1 aromatic heterocycles. The molecule has 7 heteroatoms. The van der Waals surface area contributed by atoms with Crippen molar-refractivity contribution in [2.45, 2.75) is 0 Å². The molecule has 106 valence electrons. The summed E-state index contributed by atoms with van der Waals surface area (Å²) in [5, 5.41) is 10.9. The fourth-order valence-electron chi connectivity index (χ4n) is 2.19. The van der Waals surface area contributed by atoms with Crippen molar-refractivity contribution in [2.24, 2.45) is 0 Å². The number of piperazine rings is 1. The Labute approximate surface area is 118 Å². The van der Waals surface area contributed by atoms with E-state index in [1.54, 1.807) is 6.20 Å². The Morgan fingerprint density at radius 1 is 1.45 bits per heavy atom. The van der Waals surface area contributed by atoms with Crippen molar-refractivity contribution < 1.29 is 4.79 Å².